The molecule has 7 nitrogen and oxygen atoms in total. The third-order valence-electron chi connectivity index (χ3n) is 6.97. The SMILES string of the molecule is Cc1ccc(N2CC(c3nnc(NC(=O)c4cc(-c5ccccc5)nc5ccccc45)s3)CC2=O)cc1C. The second kappa shape index (κ2) is 9.79. The number of fused-ring (bicyclic) bond motifs is 1. The molecular weight excluding hydrogens is 494 g/mol. The maximum Gasteiger partial charge on any atom is 0.258 e. The van der Waals surface area contributed by atoms with E-state index in [2.05, 4.69) is 22.4 Å². The van der Waals surface area contributed by atoms with Crippen LogP contribution in [0.5, 0.6) is 0 Å². The highest BCUT2D eigenvalue weighted by molar-refractivity contribution is 7.15. The molecule has 0 spiro atoms. The summed E-state index contributed by atoms with van der Waals surface area (Å²) in [5.74, 6) is -0.280. The molecule has 188 valence electrons. The summed E-state index contributed by atoms with van der Waals surface area (Å²) >= 11 is 1.32. The molecule has 3 heterocycles. The van der Waals surface area contributed by atoms with Gasteiger partial charge in [-0.25, -0.2) is 4.98 Å². The van der Waals surface area contributed by atoms with Crippen LogP contribution in [0, 0.1) is 13.8 Å². The number of hydrogen-bond donors (Lipinski definition) is 1. The summed E-state index contributed by atoms with van der Waals surface area (Å²) < 4.78 is 0. The number of para-hydroxylation sites is 1. The van der Waals surface area contributed by atoms with Gasteiger partial charge in [0.15, 0.2) is 0 Å². The zero-order valence-electron chi connectivity index (χ0n) is 21.0. The molecule has 38 heavy (non-hydrogen) atoms. The molecule has 1 aliphatic rings. The molecule has 1 aliphatic heterocycles. The largest absolute Gasteiger partial charge is 0.312 e. The Morgan fingerprint density at radius 1 is 0.947 bits per heavy atom. The average Bonchev–Trinajstić information content (AvgIpc) is 3.56. The van der Waals surface area contributed by atoms with E-state index in [9.17, 15) is 9.59 Å². The number of aromatic nitrogens is 3. The van der Waals surface area contributed by atoms with Gasteiger partial charge in [0.1, 0.15) is 5.01 Å². The lowest BCUT2D eigenvalue weighted by Crippen LogP contribution is -2.24. The Kier molecular flexibility index (Phi) is 6.17. The zero-order chi connectivity index (χ0) is 26.2. The van der Waals surface area contributed by atoms with Gasteiger partial charge in [-0.3, -0.25) is 14.9 Å². The van der Waals surface area contributed by atoms with Crippen LogP contribution in [-0.2, 0) is 4.79 Å². The van der Waals surface area contributed by atoms with Crippen molar-refractivity contribution in [2.75, 3.05) is 16.8 Å². The quantitative estimate of drug-likeness (QED) is 0.301. The first-order valence-electron chi connectivity index (χ1n) is 12.4. The minimum atomic E-state index is -0.275. The summed E-state index contributed by atoms with van der Waals surface area (Å²) in [6.07, 6.45) is 0.366. The van der Waals surface area contributed by atoms with Crippen molar-refractivity contribution >= 4 is 44.9 Å². The van der Waals surface area contributed by atoms with E-state index in [0.29, 0.717) is 23.7 Å². The fourth-order valence-electron chi connectivity index (χ4n) is 4.75. The number of pyridine rings is 1. The highest BCUT2D eigenvalue weighted by Gasteiger charge is 2.34. The number of amides is 2. The van der Waals surface area contributed by atoms with Gasteiger partial charge in [0.25, 0.3) is 5.91 Å². The van der Waals surface area contributed by atoms with Gasteiger partial charge in [-0.1, -0.05) is 65.9 Å². The fourth-order valence-corrected chi connectivity index (χ4v) is 5.58. The van der Waals surface area contributed by atoms with Gasteiger partial charge < -0.3 is 4.90 Å². The predicted octanol–water partition coefficient (Wildman–Crippen LogP) is 6.14. The van der Waals surface area contributed by atoms with E-state index in [-0.39, 0.29) is 17.7 Å². The molecule has 0 aliphatic carbocycles. The zero-order valence-corrected chi connectivity index (χ0v) is 21.8. The number of hydrogen-bond acceptors (Lipinski definition) is 6. The van der Waals surface area contributed by atoms with Crippen molar-refractivity contribution in [1.29, 1.82) is 0 Å². The molecule has 8 heteroatoms. The normalized spacial score (nSPS) is 15.3. The molecule has 2 amide bonds. The van der Waals surface area contributed by atoms with Gasteiger partial charge in [-0.05, 0) is 49.2 Å². The molecule has 1 saturated heterocycles. The topological polar surface area (TPSA) is 88.1 Å². The molecule has 1 atom stereocenters. The molecule has 3 aromatic carbocycles. The number of nitrogens with one attached hydrogen (secondary N) is 1. The summed E-state index contributed by atoms with van der Waals surface area (Å²) in [6.45, 7) is 4.65. The van der Waals surface area contributed by atoms with Crippen molar-refractivity contribution in [3.8, 4) is 11.3 Å². The van der Waals surface area contributed by atoms with Crippen LogP contribution in [0.1, 0.15) is 38.8 Å². The molecule has 1 unspecified atom stereocenters. The monoisotopic (exact) mass is 519 g/mol. The van der Waals surface area contributed by atoms with Crippen LogP contribution >= 0.6 is 11.3 Å². The highest BCUT2D eigenvalue weighted by Crippen LogP contribution is 2.35. The number of carbonyl (C=O) groups excluding carboxylic acids is 2. The summed E-state index contributed by atoms with van der Waals surface area (Å²) in [6, 6.07) is 25.3. The van der Waals surface area contributed by atoms with E-state index in [0.717, 1.165) is 38.4 Å². The number of nitrogens with zero attached hydrogens (tertiary/aromatic N) is 4. The van der Waals surface area contributed by atoms with Crippen molar-refractivity contribution in [1.82, 2.24) is 15.2 Å². The van der Waals surface area contributed by atoms with Crippen LogP contribution in [-0.4, -0.2) is 33.5 Å². The Hall–Kier alpha value is -4.43. The van der Waals surface area contributed by atoms with Crippen LogP contribution in [0.3, 0.4) is 0 Å². The molecule has 0 saturated carbocycles. The van der Waals surface area contributed by atoms with E-state index in [1.165, 1.54) is 16.9 Å². The molecule has 1 N–H and O–H groups in total. The van der Waals surface area contributed by atoms with Crippen LogP contribution < -0.4 is 10.2 Å². The van der Waals surface area contributed by atoms with Gasteiger partial charge >= 0.3 is 0 Å². The number of aryl methyl sites for hydroxylation is 2. The molecule has 2 aromatic heterocycles. The highest BCUT2D eigenvalue weighted by atomic mass is 32.1. The number of rotatable bonds is 5. The Labute approximate surface area is 224 Å². The number of benzene rings is 3. The first-order valence-corrected chi connectivity index (χ1v) is 13.3. The lowest BCUT2D eigenvalue weighted by Gasteiger charge is -2.17. The summed E-state index contributed by atoms with van der Waals surface area (Å²) in [7, 11) is 0. The van der Waals surface area contributed by atoms with Crippen molar-refractivity contribution in [2.45, 2.75) is 26.2 Å². The third-order valence-corrected chi connectivity index (χ3v) is 7.97. The lowest BCUT2D eigenvalue weighted by molar-refractivity contribution is -0.117. The van der Waals surface area contributed by atoms with Gasteiger partial charge in [0, 0.05) is 35.5 Å². The third kappa shape index (κ3) is 4.54. The van der Waals surface area contributed by atoms with Gasteiger partial charge in [0.2, 0.25) is 11.0 Å². The molecule has 5 aromatic rings. The van der Waals surface area contributed by atoms with E-state index < -0.39 is 0 Å². The first-order chi connectivity index (χ1) is 18.5. The minimum absolute atomic E-state index is 0.0655. The summed E-state index contributed by atoms with van der Waals surface area (Å²) in [4.78, 5) is 32.8. The average molecular weight is 520 g/mol. The maximum absolute atomic E-state index is 13.4. The van der Waals surface area contributed by atoms with Crippen LogP contribution in [0.2, 0.25) is 0 Å². The van der Waals surface area contributed by atoms with E-state index in [1.807, 2.05) is 90.7 Å². The Morgan fingerprint density at radius 2 is 1.74 bits per heavy atom. The summed E-state index contributed by atoms with van der Waals surface area (Å²) in [5.41, 5.74) is 6.17. The second-order valence-electron chi connectivity index (χ2n) is 9.51. The first kappa shape index (κ1) is 23.9. The van der Waals surface area contributed by atoms with Crippen molar-refractivity contribution in [3.63, 3.8) is 0 Å². The van der Waals surface area contributed by atoms with Crippen LogP contribution in [0.15, 0.2) is 78.9 Å². The number of carbonyl (C=O) groups is 2. The van der Waals surface area contributed by atoms with Gasteiger partial charge in [-0.15, -0.1) is 10.2 Å². The maximum atomic E-state index is 13.4. The van der Waals surface area contributed by atoms with Gasteiger partial charge in [-0.2, -0.15) is 0 Å². The molecule has 0 radical (unpaired) electrons. The second-order valence-corrected chi connectivity index (χ2v) is 10.5. The Bertz CT molecular complexity index is 1680. The molecular formula is C30H25N5O2S. The van der Waals surface area contributed by atoms with E-state index in [1.54, 1.807) is 0 Å². The minimum Gasteiger partial charge on any atom is -0.312 e. The van der Waals surface area contributed by atoms with Crippen LogP contribution in [0.25, 0.3) is 22.2 Å². The number of anilines is 2. The van der Waals surface area contributed by atoms with Gasteiger partial charge in [0.05, 0.1) is 16.8 Å². The van der Waals surface area contributed by atoms with E-state index in [4.69, 9.17) is 4.98 Å². The summed E-state index contributed by atoms with van der Waals surface area (Å²) in [5, 5.41) is 13.4. The smallest absolute Gasteiger partial charge is 0.258 e. The standard InChI is InChI=1S/C30H25N5O2S/c1-18-12-13-22(14-19(18)2)35-17-21(15-27(35)36)29-33-34-30(38-29)32-28(37)24-16-26(20-8-4-3-5-9-20)31-25-11-7-6-10-23(24)25/h3-14,16,21H,15,17H2,1-2H3,(H,32,34,37). The van der Waals surface area contributed by atoms with Crippen LogP contribution in [0.4, 0.5) is 10.8 Å². The molecule has 6 rings (SSSR count). The lowest BCUT2D eigenvalue weighted by atomic mass is 10.0. The fraction of sp³-hybridized carbons (Fsp3) is 0.167. The molecule has 1 fully saturated rings. The van der Waals surface area contributed by atoms with Crippen molar-refractivity contribution < 1.29 is 9.59 Å². The van der Waals surface area contributed by atoms with E-state index >= 15 is 0 Å². The Morgan fingerprint density at radius 3 is 2.55 bits per heavy atom. The van der Waals surface area contributed by atoms with Crippen molar-refractivity contribution in [3.05, 3.63) is 101 Å². The predicted molar refractivity (Wildman–Crippen MR) is 151 cm³/mol. The van der Waals surface area contributed by atoms with Crippen molar-refractivity contribution in [2.24, 2.45) is 0 Å². The Balaban J connectivity index is 1.23. The molecule has 0 bridgehead atoms.